The summed E-state index contributed by atoms with van der Waals surface area (Å²) in [5.41, 5.74) is 6.03. The molecule has 6 nitrogen and oxygen atoms in total. The van der Waals surface area contributed by atoms with Crippen LogP contribution in [0.15, 0.2) is 73.3 Å². The molecule has 37 heavy (non-hydrogen) atoms. The molecule has 0 spiro atoms. The Labute approximate surface area is 217 Å². The number of aryl methyl sites for hydroxylation is 1. The fourth-order valence-electron chi connectivity index (χ4n) is 4.93. The molecule has 0 fully saturated rings. The number of benzene rings is 3. The summed E-state index contributed by atoms with van der Waals surface area (Å²) in [5, 5.41) is 4.11. The number of hydrogen-bond donors (Lipinski definition) is 1. The van der Waals surface area contributed by atoms with E-state index in [-0.39, 0.29) is 12.7 Å². The third kappa shape index (κ3) is 5.05. The number of aromatic nitrogens is 1. The van der Waals surface area contributed by atoms with Gasteiger partial charge >= 0.3 is 0 Å². The van der Waals surface area contributed by atoms with Crippen LogP contribution in [0.25, 0.3) is 10.9 Å². The predicted octanol–water partition coefficient (Wildman–Crippen LogP) is 5.83. The van der Waals surface area contributed by atoms with E-state index in [1.54, 1.807) is 7.11 Å². The summed E-state index contributed by atoms with van der Waals surface area (Å²) >= 11 is 0. The van der Waals surface area contributed by atoms with Crippen LogP contribution >= 0.6 is 0 Å². The van der Waals surface area contributed by atoms with Gasteiger partial charge in [-0.15, -0.1) is 6.58 Å². The topological polar surface area (TPSA) is 61.7 Å². The summed E-state index contributed by atoms with van der Waals surface area (Å²) in [6, 6.07) is 20.3. The van der Waals surface area contributed by atoms with E-state index in [0.29, 0.717) is 13.1 Å². The summed E-state index contributed by atoms with van der Waals surface area (Å²) < 4.78 is 18.8. The first-order valence-corrected chi connectivity index (χ1v) is 12.6. The normalized spacial score (nSPS) is 12.1. The Balaban J connectivity index is 1.44. The molecule has 0 unspecified atom stereocenters. The number of allylic oxidation sites excluding steroid dienone is 1. The number of ether oxygens (including phenoxy) is 3. The van der Waals surface area contributed by atoms with E-state index in [0.717, 1.165) is 69.8 Å². The molecule has 1 N–H and O–H groups in total. The number of rotatable bonds is 10. The fraction of sp³-hybridized carbons (Fsp3) is 0.258. The molecule has 190 valence electrons. The average Bonchev–Trinajstić information content (AvgIpc) is 3.51. The minimum Gasteiger partial charge on any atom is -0.497 e. The van der Waals surface area contributed by atoms with Crippen molar-refractivity contribution in [3.05, 3.63) is 101 Å². The first-order chi connectivity index (χ1) is 18.1. The molecule has 0 aliphatic carbocycles. The largest absolute Gasteiger partial charge is 0.497 e. The number of amides is 1. The van der Waals surface area contributed by atoms with E-state index in [4.69, 9.17) is 14.2 Å². The van der Waals surface area contributed by atoms with E-state index >= 15 is 0 Å². The molecule has 5 rings (SSSR count). The maximum Gasteiger partial charge on any atom is 0.253 e. The Morgan fingerprint density at radius 3 is 2.68 bits per heavy atom. The molecule has 1 amide bonds. The van der Waals surface area contributed by atoms with E-state index in [2.05, 4.69) is 34.7 Å². The molecular weight excluding hydrogens is 464 g/mol. The van der Waals surface area contributed by atoms with Crippen LogP contribution in [0.2, 0.25) is 0 Å². The third-order valence-corrected chi connectivity index (χ3v) is 6.92. The Morgan fingerprint density at radius 2 is 1.89 bits per heavy atom. The van der Waals surface area contributed by atoms with Gasteiger partial charge in [0.05, 0.1) is 19.2 Å². The number of hydrogen-bond acceptors (Lipinski definition) is 4. The smallest absolute Gasteiger partial charge is 0.253 e. The number of carbonyl (C=O) groups excluding carboxylic acids is 1. The standard InChI is InChI=1S/C31H32N2O4/c1-4-5-7-23-12-15-27-26(18-23)29(31(34)32-17-16-22-10-13-25(35-3)14-11-22)21(2)33(27)19-24-8-6-9-28-30(24)37-20-36-28/h4,6,8-15,18H,1,5,7,16-17,19-20H2,2-3H3,(H,32,34). The zero-order valence-corrected chi connectivity index (χ0v) is 21.4. The predicted molar refractivity (Wildman–Crippen MR) is 146 cm³/mol. The molecule has 0 saturated heterocycles. The fourth-order valence-corrected chi connectivity index (χ4v) is 4.93. The molecule has 0 atom stereocenters. The highest BCUT2D eigenvalue weighted by molar-refractivity contribution is 6.08. The number of methoxy groups -OCH3 is 1. The van der Waals surface area contributed by atoms with Crippen molar-refractivity contribution in [3.63, 3.8) is 0 Å². The molecule has 0 bridgehead atoms. The highest BCUT2D eigenvalue weighted by atomic mass is 16.7. The van der Waals surface area contributed by atoms with Gasteiger partial charge in [0.2, 0.25) is 6.79 Å². The quantitative estimate of drug-likeness (QED) is 0.281. The number of carbonyl (C=O) groups is 1. The minimum absolute atomic E-state index is 0.0616. The van der Waals surface area contributed by atoms with Gasteiger partial charge in [-0.3, -0.25) is 4.79 Å². The summed E-state index contributed by atoms with van der Waals surface area (Å²) in [4.78, 5) is 13.5. The molecule has 6 heteroatoms. The van der Waals surface area contributed by atoms with Gasteiger partial charge in [0, 0.05) is 28.7 Å². The van der Waals surface area contributed by atoms with Crippen LogP contribution in [0.4, 0.5) is 0 Å². The maximum atomic E-state index is 13.5. The summed E-state index contributed by atoms with van der Waals surface area (Å²) in [7, 11) is 1.66. The first kappa shape index (κ1) is 24.5. The molecular formula is C31H32N2O4. The number of fused-ring (bicyclic) bond motifs is 2. The maximum absolute atomic E-state index is 13.5. The number of nitrogens with one attached hydrogen (secondary N) is 1. The Morgan fingerprint density at radius 1 is 1.08 bits per heavy atom. The van der Waals surface area contributed by atoms with E-state index < -0.39 is 0 Å². The van der Waals surface area contributed by atoms with Crippen molar-refractivity contribution in [1.82, 2.24) is 9.88 Å². The molecule has 4 aromatic rings. The van der Waals surface area contributed by atoms with Crippen LogP contribution in [0.1, 0.15) is 39.2 Å². The van der Waals surface area contributed by atoms with Crippen LogP contribution in [0, 0.1) is 6.92 Å². The summed E-state index contributed by atoms with van der Waals surface area (Å²) in [6.07, 6.45) is 4.44. The van der Waals surface area contributed by atoms with Gasteiger partial charge in [-0.05, 0) is 67.6 Å². The monoisotopic (exact) mass is 496 g/mol. The van der Waals surface area contributed by atoms with Crippen molar-refractivity contribution in [1.29, 1.82) is 0 Å². The van der Waals surface area contributed by atoms with E-state index in [1.807, 2.05) is 55.5 Å². The lowest BCUT2D eigenvalue weighted by atomic mass is 10.0. The van der Waals surface area contributed by atoms with Crippen molar-refractivity contribution >= 4 is 16.8 Å². The second-order valence-corrected chi connectivity index (χ2v) is 9.23. The molecule has 3 aromatic carbocycles. The second-order valence-electron chi connectivity index (χ2n) is 9.23. The zero-order valence-electron chi connectivity index (χ0n) is 21.4. The molecule has 1 aliphatic rings. The lowest BCUT2D eigenvalue weighted by Crippen LogP contribution is -2.26. The van der Waals surface area contributed by atoms with Crippen molar-refractivity contribution in [3.8, 4) is 17.2 Å². The highest BCUT2D eigenvalue weighted by Gasteiger charge is 2.23. The third-order valence-electron chi connectivity index (χ3n) is 6.92. The lowest BCUT2D eigenvalue weighted by Gasteiger charge is -2.11. The highest BCUT2D eigenvalue weighted by Crippen LogP contribution is 2.37. The van der Waals surface area contributed by atoms with Gasteiger partial charge in [-0.1, -0.05) is 36.4 Å². The van der Waals surface area contributed by atoms with Crippen molar-refractivity contribution in [2.24, 2.45) is 0 Å². The van der Waals surface area contributed by atoms with E-state index in [9.17, 15) is 4.79 Å². The molecule has 2 heterocycles. The van der Waals surface area contributed by atoms with Crippen molar-refractivity contribution < 1.29 is 19.0 Å². The summed E-state index contributed by atoms with van der Waals surface area (Å²) in [6.45, 7) is 7.22. The molecule has 1 aromatic heterocycles. The van der Waals surface area contributed by atoms with Gasteiger partial charge in [0.15, 0.2) is 11.5 Å². The van der Waals surface area contributed by atoms with Crippen molar-refractivity contribution in [2.75, 3.05) is 20.4 Å². The van der Waals surface area contributed by atoms with Gasteiger partial charge < -0.3 is 24.1 Å². The van der Waals surface area contributed by atoms with Crippen LogP contribution in [-0.2, 0) is 19.4 Å². The van der Waals surface area contributed by atoms with Crippen LogP contribution in [-0.4, -0.2) is 30.9 Å². The molecule has 1 aliphatic heterocycles. The molecule has 0 radical (unpaired) electrons. The SMILES string of the molecule is C=CCCc1ccc2c(c1)c(C(=O)NCCc1ccc(OC)cc1)c(C)n2Cc1cccc2c1OCO2. The Kier molecular flexibility index (Phi) is 7.17. The summed E-state index contributed by atoms with van der Waals surface area (Å²) in [5.74, 6) is 2.30. The van der Waals surface area contributed by atoms with Gasteiger partial charge in [-0.2, -0.15) is 0 Å². The Bertz CT molecular complexity index is 1440. The number of nitrogens with zero attached hydrogens (tertiary/aromatic N) is 1. The lowest BCUT2D eigenvalue weighted by molar-refractivity contribution is 0.0955. The average molecular weight is 497 g/mol. The second kappa shape index (κ2) is 10.8. The first-order valence-electron chi connectivity index (χ1n) is 12.6. The van der Waals surface area contributed by atoms with Crippen LogP contribution in [0.5, 0.6) is 17.2 Å². The van der Waals surface area contributed by atoms with Crippen molar-refractivity contribution in [2.45, 2.75) is 32.7 Å². The van der Waals surface area contributed by atoms with Crippen LogP contribution < -0.4 is 19.5 Å². The number of para-hydroxylation sites is 1. The van der Waals surface area contributed by atoms with E-state index in [1.165, 1.54) is 5.56 Å². The molecule has 0 saturated carbocycles. The van der Waals surface area contributed by atoms with Crippen LogP contribution in [0.3, 0.4) is 0 Å². The van der Waals surface area contributed by atoms with Gasteiger partial charge in [0.1, 0.15) is 5.75 Å². The Hall–Kier alpha value is -4.19. The minimum atomic E-state index is -0.0616. The zero-order chi connectivity index (χ0) is 25.8. The van der Waals surface area contributed by atoms with Gasteiger partial charge in [-0.25, -0.2) is 0 Å². The van der Waals surface area contributed by atoms with Gasteiger partial charge in [0.25, 0.3) is 5.91 Å².